The van der Waals surface area contributed by atoms with E-state index in [0.29, 0.717) is 15.6 Å². The molecule has 7 nitrogen and oxygen atoms in total. The Hall–Kier alpha value is -3.68. The van der Waals surface area contributed by atoms with Crippen molar-refractivity contribution < 1.29 is 27.6 Å². The third-order valence-corrected chi connectivity index (χ3v) is 10.5. The number of nitrogens with one attached hydrogen (secondary N) is 1. The van der Waals surface area contributed by atoms with Crippen molar-refractivity contribution >= 4 is 68.1 Å². The third kappa shape index (κ3) is 5.45. The van der Waals surface area contributed by atoms with E-state index in [-0.39, 0.29) is 11.6 Å². The Morgan fingerprint density at radius 3 is 2.35 bits per heavy atom. The highest BCUT2D eigenvalue weighted by molar-refractivity contribution is 9.10. The van der Waals surface area contributed by atoms with Gasteiger partial charge in [-0.15, -0.1) is 0 Å². The number of benzene rings is 3. The van der Waals surface area contributed by atoms with Crippen LogP contribution >= 0.6 is 39.0 Å². The summed E-state index contributed by atoms with van der Waals surface area (Å²) in [6.07, 6.45) is -4.59. The standard InChI is InChI=1S/C30H21BrF3N3O4S2/c1-15-5-11-20(12-6-15)37-26(39)23-22(16-7-9-18(31)10-8-16)25-28(42-24(23)27(37)40)36(29(41)43-25)14-21(38)35-19-4-2-3-17(13-19)30(32,33)34/h2-13,22-24H,14H2,1H3,(H,35,38)/t22-,23-,24+/m0/s1. The van der Waals surface area contributed by atoms with Gasteiger partial charge in [-0.25, -0.2) is 4.90 Å². The van der Waals surface area contributed by atoms with Crippen molar-refractivity contribution in [3.05, 3.63) is 109 Å². The summed E-state index contributed by atoms with van der Waals surface area (Å²) in [5, 5.41) is 1.96. The molecule has 3 amide bonds. The molecule has 3 heterocycles. The van der Waals surface area contributed by atoms with Crippen molar-refractivity contribution in [1.82, 2.24) is 4.57 Å². The molecule has 2 aliphatic heterocycles. The highest BCUT2D eigenvalue weighted by atomic mass is 79.9. The summed E-state index contributed by atoms with van der Waals surface area (Å²) in [5.41, 5.74) is 1.16. The summed E-state index contributed by atoms with van der Waals surface area (Å²) in [4.78, 5) is 55.2. The molecule has 1 N–H and O–H groups in total. The van der Waals surface area contributed by atoms with Crippen molar-refractivity contribution in [2.24, 2.45) is 5.92 Å². The van der Waals surface area contributed by atoms with Gasteiger partial charge < -0.3 is 5.32 Å². The van der Waals surface area contributed by atoms with Crippen LogP contribution in [0, 0.1) is 12.8 Å². The second kappa shape index (κ2) is 11.1. The SMILES string of the molecule is Cc1ccc(N2C(=O)[C@H]3[C@H](c4ccc(Br)cc4)c4sc(=O)n(CC(=O)Nc5cccc(C(F)(F)F)c5)c4S[C@H]3C2=O)cc1. The Bertz CT molecular complexity index is 1820. The Labute approximate surface area is 259 Å². The van der Waals surface area contributed by atoms with Crippen LogP contribution in [-0.4, -0.2) is 27.5 Å². The summed E-state index contributed by atoms with van der Waals surface area (Å²) >= 11 is 5.38. The van der Waals surface area contributed by atoms with Gasteiger partial charge in [0.15, 0.2) is 0 Å². The fourth-order valence-corrected chi connectivity index (χ4v) is 8.39. The number of carbonyl (C=O) groups excluding carboxylic acids is 3. The molecule has 1 aromatic heterocycles. The minimum absolute atomic E-state index is 0.0669. The number of aromatic nitrogens is 1. The van der Waals surface area contributed by atoms with E-state index in [1.165, 1.54) is 21.6 Å². The van der Waals surface area contributed by atoms with Gasteiger partial charge in [0.05, 0.1) is 22.2 Å². The highest BCUT2D eigenvalue weighted by Crippen LogP contribution is 2.54. The molecule has 1 saturated heterocycles. The monoisotopic (exact) mass is 687 g/mol. The van der Waals surface area contributed by atoms with Crippen molar-refractivity contribution in [2.45, 2.75) is 35.8 Å². The Kier molecular flexibility index (Phi) is 7.59. The van der Waals surface area contributed by atoms with Crippen LogP contribution in [0.5, 0.6) is 0 Å². The molecule has 4 aromatic rings. The number of aryl methyl sites for hydroxylation is 1. The molecule has 3 atom stereocenters. The lowest BCUT2D eigenvalue weighted by atomic mass is 9.83. The van der Waals surface area contributed by atoms with E-state index in [1.807, 2.05) is 43.3 Å². The lowest BCUT2D eigenvalue weighted by molar-refractivity contribution is -0.137. The van der Waals surface area contributed by atoms with Crippen LogP contribution in [0.25, 0.3) is 0 Å². The number of thiazole rings is 1. The van der Waals surface area contributed by atoms with Gasteiger partial charge in [0, 0.05) is 21.0 Å². The smallest absolute Gasteiger partial charge is 0.325 e. The van der Waals surface area contributed by atoms with E-state index in [2.05, 4.69) is 21.2 Å². The van der Waals surface area contributed by atoms with Crippen LogP contribution in [0.1, 0.15) is 27.5 Å². The molecule has 0 spiro atoms. The zero-order chi connectivity index (χ0) is 30.6. The number of hydrogen-bond donors (Lipinski definition) is 1. The molecule has 0 aliphatic carbocycles. The molecule has 0 unspecified atom stereocenters. The number of nitrogens with zero attached hydrogens (tertiary/aromatic N) is 2. The summed E-state index contributed by atoms with van der Waals surface area (Å²) in [5.74, 6) is -2.93. The van der Waals surface area contributed by atoms with Gasteiger partial charge in [0.2, 0.25) is 17.7 Å². The third-order valence-electron chi connectivity index (χ3n) is 7.35. The van der Waals surface area contributed by atoms with Crippen molar-refractivity contribution in [2.75, 3.05) is 10.2 Å². The molecule has 43 heavy (non-hydrogen) atoms. The van der Waals surface area contributed by atoms with Crippen LogP contribution < -0.4 is 15.1 Å². The zero-order valence-electron chi connectivity index (χ0n) is 22.2. The number of halogens is 4. The second-order valence-electron chi connectivity index (χ2n) is 10.2. The molecule has 2 aliphatic rings. The van der Waals surface area contributed by atoms with Gasteiger partial charge in [-0.2, -0.15) is 13.2 Å². The molecule has 0 bridgehead atoms. The van der Waals surface area contributed by atoms with Crippen molar-refractivity contribution in [3.8, 4) is 0 Å². The number of hydrogen-bond acceptors (Lipinski definition) is 6. The molecule has 3 aromatic carbocycles. The molecule has 0 saturated carbocycles. The van der Waals surface area contributed by atoms with Crippen molar-refractivity contribution in [1.29, 1.82) is 0 Å². The Morgan fingerprint density at radius 1 is 0.977 bits per heavy atom. The maximum Gasteiger partial charge on any atom is 0.416 e. The number of thioether (sulfide) groups is 1. The van der Waals surface area contributed by atoms with Crippen LogP contribution in [0.2, 0.25) is 0 Å². The molecular weight excluding hydrogens is 667 g/mol. The number of imide groups is 1. The van der Waals surface area contributed by atoms with Gasteiger partial charge in [-0.3, -0.25) is 23.7 Å². The number of rotatable bonds is 5. The molecule has 0 radical (unpaired) electrons. The zero-order valence-corrected chi connectivity index (χ0v) is 25.4. The van der Waals surface area contributed by atoms with Crippen LogP contribution in [0.4, 0.5) is 24.5 Å². The van der Waals surface area contributed by atoms with Crippen LogP contribution in [-0.2, 0) is 27.1 Å². The molecular formula is C30H21BrF3N3O4S2. The van der Waals surface area contributed by atoms with Gasteiger partial charge in [0.1, 0.15) is 11.8 Å². The van der Waals surface area contributed by atoms with Gasteiger partial charge in [-0.1, -0.05) is 74.9 Å². The van der Waals surface area contributed by atoms with E-state index in [1.54, 1.807) is 12.1 Å². The minimum Gasteiger partial charge on any atom is -0.325 e. The number of anilines is 2. The summed E-state index contributed by atoms with van der Waals surface area (Å²) < 4.78 is 41.5. The number of alkyl halides is 3. The maximum atomic E-state index is 13.9. The van der Waals surface area contributed by atoms with Gasteiger partial charge in [-0.05, 0) is 55.0 Å². The quantitative estimate of drug-likeness (QED) is 0.244. The number of carbonyl (C=O) groups is 3. The predicted octanol–water partition coefficient (Wildman–Crippen LogP) is 6.43. The molecule has 6 rings (SSSR count). The normalized spacial score (nSPS) is 19.7. The van der Waals surface area contributed by atoms with E-state index < -0.39 is 52.1 Å². The fourth-order valence-electron chi connectivity index (χ4n) is 5.35. The first-order valence-corrected chi connectivity index (χ1v) is 15.5. The second-order valence-corrected chi connectivity index (χ2v) is 13.2. The lowest BCUT2D eigenvalue weighted by Gasteiger charge is -2.30. The average molecular weight is 689 g/mol. The Morgan fingerprint density at radius 2 is 1.67 bits per heavy atom. The largest absolute Gasteiger partial charge is 0.416 e. The molecule has 13 heteroatoms. The first-order valence-electron chi connectivity index (χ1n) is 13.0. The van der Waals surface area contributed by atoms with E-state index >= 15 is 0 Å². The van der Waals surface area contributed by atoms with Crippen molar-refractivity contribution in [3.63, 3.8) is 0 Å². The summed E-state index contributed by atoms with van der Waals surface area (Å²) in [7, 11) is 0. The minimum atomic E-state index is -4.59. The topological polar surface area (TPSA) is 88.5 Å². The number of amides is 3. The average Bonchev–Trinajstić information content (AvgIpc) is 3.40. The summed E-state index contributed by atoms with van der Waals surface area (Å²) in [6, 6.07) is 18.5. The highest BCUT2D eigenvalue weighted by Gasteiger charge is 2.56. The van der Waals surface area contributed by atoms with E-state index in [9.17, 15) is 32.3 Å². The van der Waals surface area contributed by atoms with Gasteiger partial charge >= 0.3 is 11.0 Å². The van der Waals surface area contributed by atoms with Crippen LogP contribution in [0.3, 0.4) is 0 Å². The predicted molar refractivity (Wildman–Crippen MR) is 161 cm³/mol. The molecule has 220 valence electrons. The van der Waals surface area contributed by atoms with Gasteiger partial charge in [0.25, 0.3) is 0 Å². The maximum absolute atomic E-state index is 13.9. The first kappa shape index (κ1) is 29.4. The first-order chi connectivity index (χ1) is 20.4. The Balaban J connectivity index is 1.37. The number of fused-ring (bicyclic) bond motifs is 2. The fraction of sp³-hybridized carbons (Fsp3) is 0.200. The van der Waals surface area contributed by atoms with E-state index in [0.717, 1.165) is 50.8 Å². The van der Waals surface area contributed by atoms with E-state index in [4.69, 9.17) is 0 Å². The summed E-state index contributed by atoms with van der Waals surface area (Å²) in [6.45, 7) is 1.42. The van der Waals surface area contributed by atoms with Crippen LogP contribution in [0.15, 0.2) is 87.1 Å². The molecule has 1 fully saturated rings. The lowest BCUT2D eigenvalue weighted by Crippen LogP contribution is -2.33.